The number of nitrogens with one attached hydrogen (secondary N) is 2. The third-order valence-electron chi connectivity index (χ3n) is 5.08. The van der Waals surface area contributed by atoms with Gasteiger partial charge >= 0.3 is 0 Å². The Bertz CT molecular complexity index is 784. The molecule has 0 saturated carbocycles. The van der Waals surface area contributed by atoms with E-state index in [0.29, 0.717) is 18.8 Å². The summed E-state index contributed by atoms with van der Waals surface area (Å²) >= 11 is 0. The maximum absolute atomic E-state index is 12.5. The zero-order chi connectivity index (χ0) is 17.2. The Hall–Kier alpha value is -2.50. The van der Waals surface area contributed by atoms with E-state index in [2.05, 4.69) is 21.6 Å². The van der Waals surface area contributed by atoms with Crippen molar-refractivity contribution in [2.24, 2.45) is 5.92 Å². The Balaban J connectivity index is 1.39. The summed E-state index contributed by atoms with van der Waals surface area (Å²) < 4.78 is 11.2. The van der Waals surface area contributed by atoms with Crippen molar-refractivity contribution in [2.75, 3.05) is 20.3 Å². The number of ether oxygens (including phenoxy) is 2. The Labute approximate surface area is 146 Å². The molecule has 6 nitrogen and oxygen atoms in total. The van der Waals surface area contributed by atoms with Gasteiger partial charge in [-0.1, -0.05) is 12.1 Å². The first-order valence-electron chi connectivity index (χ1n) is 8.89. The second-order valence-corrected chi connectivity index (χ2v) is 6.78. The predicted molar refractivity (Wildman–Crippen MR) is 93.2 cm³/mol. The van der Waals surface area contributed by atoms with Gasteiger partial charge in [-0.25, -0.2) is 0 Å². The van der Waals surface area contributed by atoms with E-state index in [1.54, 1.807) is 7.11 Å². The Kier molecular flexibility index (Phi) is 4.34. The van der Waals surface area contributed by atoms with E-state index in [1.165, 1.54) is 6.42 Å². The van der Waals surface area contributed by atoms with E-state index < -0.39 is 0 Å². The molecular weight excluding hydrogens is 318 g/mol. The summed E-state index contributed by atoms with van der Waals surface area (Å²) in [5.74, 6) is 1.76. The molecule has 6 heteroatoms. The van der Waals surface area contributed by atoms with Crippen LogP contribution in [0.1, 0.15) is 40.2 Å². The van der Waals surface area contributed by atoms with E-state index in [4.69, 9.17) is 9.47 Å². The average Bonchev–Trinajstić information content (AvgIpc) is 3.09. The number of aryl methyl sites for hydroxylation is 1. The molecule has 1 atom stereocenters. The monoisotopic (exact) mass is 341 g/mol. The fraction of sp³-hybridized carbons (Fsp3) is 0.474. The highest BCUT2D eigenvalue weighted by Crippen LogP contribution is 2.35. The van der Waals surface area contributed by atoms with Crippen molar-refractivity contribution in [3.8, 4) is 11.5 Å². The smallest absolute Gasteiger partial charge is 0.272 e. The molecule has 2 aromatic rings. The molecule has 1 aliphatic heterocycles. The summed E-state index contributed by atoms with van der Waals surface area (Å²) in [7, 11) is 1.65. The van der Waals surface area contributed by atoms with Gasteiger partial charge in [0.05, 0.1) is 13.7 Å². The first-order chi connectivity index (χ1) is 12.3. The number of aromatic nitrogens is 2. The number of para-hydroxylation sites is 1. The standard InChI is InChI=1S/C19H23N3O3/c1-24-16-8-4-5-13-9-12(11-25-18(13)16)10-20-19(23)17-14-6-2-3-7-15(14)21-22-17/h4-5,8,12H,2-3,6-7,9-11H2,1H3,(H,20,23)(H,21,22)/t12-/m0/s1. The molecule has 2 N–H and O–H groups in total. The number of amides is 1. The molecule has 0 saturated heterocycles. The molecule has 25 heavy (non-hydrogen) atoms. The molecule has 0 spiro atoms. The summed E-state index contributed by atoms with van der Waals surface area (Å²) in [4.78, 5) is 12.5. The molecule has 1 aromatic carbocycles. The van der Waals surface area contributed by atoms with Crippen LogP contribution in [0.25, 0.3) is 0 Å². The van der Waals surface area contributed by atoms with E-state index >= 15 is 0 Å². The second-order valence-electron chi connectivity index (χ2n) is 6.78. The van der Waals surface area contributed by atoms with Crippen LogP contribution in [0.3, 0.4) is 0 Å². The molecule has 0 fully saturated rings. The van der Waals surface area contributed by atoms with Crippen molar-refractivity contribution >= 4 is 5.91 Å². The molecule has 0 unspecified atom stereocenters. The third kappa shape index (κ3) is 3.08. The summed E-state index contributed by atoms with van der Waals surface area (Å²) in [5.41, 5.74) is 3.91. The van der Waals surface area contributed by atoms with Gasteiger partial charge in [0, 0.05) is 23.7 Å². The first-order valence-corrected chi connectivity index (χ1v) is 8.89. The van der Waals surface area contributed by atoms with Crippen molar-refractivity contribution in [3.63, 3.8) is 0 Å². The van der Waals surface area contributed by atoms with Gasteiger partial charge in [-0.3, -0.25) is 9.89 Å². The summed E-state index contributed by atoms with van der Waals surface area (Å²) in [5, 5.41) is 10.3. The average molecular weight is 341 g/mol. The number of methoxy groups -OCH3 is 1. The molecule has 132 valence electrons. The fourth-order valence-electron chi connectivity index (χ4n) is 3.74. The number of aromatic amines is 1. The zero-order valence-corrected chi connectivity index (χ0v) is 14.4. The number of H-pyrrole nitrogens is 1. The van der Waals surface area contributed by atoms with Crippen molar-refractivity contribution in [1.29, 1.82) is 0 Å². The minimum Gasteiger partial charge on any atom is -0.493 e. The van der Waals surface area contributed by atoms with Gasteiger partial charge in [0.15, 0.2) is 17.2 Å². The first kappa shape index (κ1) is 16.0. The third-order valence-corrected chi connectivity index (χ3v) is 5.08. The van der Waals surface area contributed by atoms with Crippen molar-refractivity contribution in [3.05, 3.63) is 40.7 Å². The summed E-state index contributed by atoms with van der Waals surface area (Å²) in [6.45, 7) is 1.16. The number of nitrogens with zero attached hydrogens (tertiary/aromatic N) is 1. The van der Waals surface area contributed by atoms with Gasteiger partial charge in [0.25, 0.3) is 5.91 Å². The lowest BCUT2D eigenvalue weighted by molar-refractivity contribution is 0.0932. The lowest BCUT2D eigenvalue weighted by Gasteiger charge is -2.26. The van der Waals surface area contributed by atoms with Gasteiger partial charge in [0.2, 0.25) is 0 Å². The van der Waals surface area contributed by atoms with Gasteiger partial charge in [-0.2, -0.15) is 5.10 Å². The molecule has 0 radical (unpaired) electrons. The zero-order valence-electron chi connectivity index (χ0n) is 14.4. The molecule has 1 aliphatic carbocycles. The number of carbonyl (C=O) groups is 1. The van der Waals surface area contributed by atoms with Crippen molar-refractivity contribution in [1.82, 2.24) is 15.5 Å². The van der Waals surface area contributed by atoms with E-state index in [-0.39, 0.29) is 11.8 Å². The highest BCUT2D eigenvalue weighted by molar-refractivity contribution is 5.94. The molecule has 0 bridgehead atoms. The minimum atomic E-state index is -0.0872. The van der Waals surface area contributed by atoms with Gasteiger partial charge in [-0.15, -0.1) is 0 Å². The number of hydrogen-bond acceptors (Lipinski definition) is 4. The van der Waals surface area contributed by atoms with Crippen LogP contribution in [0.5, 0.6) is 11.5 Å². The van der Waals surface area contributed by atoms with Crippen LogP contribution in [-0.4, -0.2) is 36.4 Å². The van der Waals surface area contributed by atoms with E-state index in [1.807, 2.05) is 12.1 Å². The highest BCUT2D eigenvalue weighted by atomic mass is 16.5. The van der Waals surface area contributed by atoms with Gasteiger partial charge in [-0.05, 0) is 43.7 Å². The number of carbonyl (C=O) groups excluding carboxylic acids is 1. The normalized spacial score (nSPS) is 18.7. The van der Waals surface area contributed by atoms with Crippen LogP contribution in [0.15, 0.2) is 18.2 Å². The number of hydrogen-bond donors (Lipinski definition) is 2. The van der Waals surface area contributed by atoms with Crippen LogP contribution in [0, 0.1) is 5.92 Å². The van der Waals surface area contributed by atoms with Crippen LogP contribution < -0.4 is 14.8 Å². The van der Waals surface area contributed by atoms with Crippen LogP contribution in [0.4, 0.5) is 0 Å². The largest absolute Gasteiger partial charge is 0.493 e. The Morgan fingerprint density at radius 1 is 1.40 bits per heavy atom. The number of benzene rings is 1. The van der Waals surface area contributed by atoms with Crippen LogP contribution >= 0.6 is 0 Å². The van der Waals surface area contributed by atoms with Crippen molar-refractivity contribution < 1.29 is 14.3 Å². The minimum absolute atomic E-state index is 0.0872. The molecule has 2 aliphatic rings. The van der Waals surface area contributed by atoms with E-state index in [9.17, 15) is 4.79 Å². The maximum atomic E-state index is 12.5. The highest BCUT2D eigenvalue weighted by Gasteiger charge is 2.25. The van der Waals surface area contributed by atoms with Gasteiger partial charge in [0.1, 0.15) is 0 Å². The lowest BCUT2D eigenvalue weighted by Crippen LogP contribution is -2.35. The molecule has 4 rings (SSSR count). The predicted octanol–water partition coefficient (Wildman–Crippen LogP) is 2.28. The Morgan fingerprint density at radius 2 is 2.28 bits per heavy atom. The number of fused-ring (bicyclic) bond motifs is 2. The number of rotatable bonds is 4. The second kappa shape index (κ2) is 6.78. The fourth-order valence-corrected chi connectivity index (χ4v) is 3.74. The topological polar surface area (TPSA) is 76.2 Å². The molecule has 1 amide bonds. The van der Waals surface area contributed by atoms with E-state index in [0.717, 1.165) is 54.0 Å². The van der Waals surface area contributed by atoms with Crippen LogP contribution in [-0.2, 0) is 19.3 Å². The van der Waals surface area contributed by atoms with Crippen molar-refractivity contribution in [2.45, 2.75) is 32.1 Å². The lowest BCUT2D eigenvalue weighted by atomic mass is 9.95. The Morgan fingerprint density at radius 3 is 3.16 bits per heavy atom. The quantitative estimate of drug-likeness (QED) is 0.894. The summed E-state index contributed by atoms with van der Waals surface area (Å²) in [6, 6.07) is 5.93. The van der Waals surface area contributed by atoms with Crippen LogP contribution in [0.2, 0.25) is 0 Å². The molecule has 2 heterocycles. The SMILES string of the molecule is COc1cccc2c1OC[C@H](CNC(=O)c1n[nH]c3c1CCCC3)C2. The maximum Gasteiger partial charge on any atom is 0.272 e. The van der Waals surface area contributed by atoms with Gasteiger partial charge < -0.3 is 14.8 Å². The molecular formula is C19H23N3O3. The molecule has 1 aromatic heterocycles. The summed E-state index contributed by atoms with van der Waals surface area (Å²) in [6.07, 6.45) is 5.09.